The van der Waals surface area contributed by atoms with E-state index >= 15 is 0 Å². The van der Waals surface area contributed by atoms with Gasteiger partial charge in [0.05, 0.1) is 18.6 Å². The Kier molecular flexibility index (Phi) is 6.01. The van der Waals surface area contributed by atoms with E-state index in [9.17, 15) is 12.8 Å². The van der Waals surface area contributed by atoms with Crippen LogP contribution in [0, 0.1) is 18.7 Å². The third-order valence-corrected chi connectivity index (χ3v) is 6.81. The zero-order valence-corrected chi connectivity index (χ0v) is 16.3. The monoisotopic (exact) mass is 393 g/mol. The maximum atomic E-state index is 13.1. The fourth-order valence-electron chi connectivity index (χ4n) is 3.30. The fourth-order valence-corrected chi connectivity index (χ4v) is 5.06. The Hall–Kier alpha value is -2.12. The molecular weight excluding hydrogens is 369 g/mol. The highest BCUT2D eigenvalue weighted by Crippen LogP contribution is 2.28. The first-order valence-electron chi connectivity index (χ1n) is 8.93. The first kappa shape index (κ1) is 19.6. The van der Waals surface area contributed by atoms with E-state index in [0.717, 1.165) is 12.8 Å². The summed E-state index contributed by atoms with van der Waals surface area (Å²) in [6.45, 7) is 3.09. The number of ether oxygens (including phenoxy) is 2. The van der Waals surface area contributed by atoms with Gasteiger partial charge >= 0.3 is 0 Å². The van der Waals surface area contributed by atoms with Crippen LogP contribution in [-0.4, -0.2) is 39.5 Å². The van der Waals surface area contributed by atoms with Crippen LogP contribution >= 0.6 is 0 Å². The van der Waals surface area contributed by atoms with Gasteiger partial charge in [-0.15, -0.1) is 0 Å². The van der Waals surface area contributed by atoms with Gasteiger partial charge in [0.1, 0.15) is 17.3 Å². The van der Waals surface area contributed by atoms with E-state index in [2.05, 4.69) is 0 Å². The normalized spacial score (nSPS) is 18.3. The van der Waals surface area contributed by atoms with Gasteiger partial charge in [0.2, 0.25) is 10.0 Å². The number of aryl methyl sites for hydroxylation is 1. The van der Waals surface area contributed by atoms with Gasteiger partial charge in [-0.2, -0.15) is 4.31 Å². The molecule has 3 rings (SSSR count). The van der Waals surface area contributed by atoms with Gasteiger partial charge in [0.15, 0.2) is 0 Å². The van der Waals surface area contributed by atoms with Crippen LogP contribution < -0.4 is 9.47 Å². The number of hydrogen-bond acceptors (Lipinski definition) is 4. The van der Waals surface area contributed by atoms with Crippen LogP contribution in [0.2, 0.25) is 0 Å². The van der Waals surface area contributed by atoms with Gasteiger partial charge in [-0.25, -0.2) is 12.8 Å². The van der Waals surface area contributed by atoms with E-state index in [1.165, 1.54) is 16.4 Å². The summed E-state index contributed by atoms with van der Waals surface area (Å²) in [5.74, 6) is 1.00. The summed E-state index contributed by atoms with van der Waals surface area (Å²) < 4.78 is 51.5. The van der Waals surface area contributed by atoms with E-state index in [1.54, 1.807) is 44.4 Å². The summed E-state index contributed by atoms with van der Waals surface area (Å²) in [5.41, 5.74) is 0.666. The molecule has 0 amide bonds. The number of rotatable bonds is 6. The van der Waals surface area contributed by atoms with Crippen molar-refractivity contribution in [3.05, 3.63) is 53.8 Å². The molecular formula is C20H24FNO4S. The minimum absolute atomic E-state index is 0.0946. The highest BCUT2D eigenvalue weighted by molar-refractivity contribution is 7.89. The molecule has 0 N–H and O–H groups in total. The van der Waals surface area contributed by atoms with E-state index < -0.39 is 10.0 Å². The lowest BCUT2D eigenvalue weighted by Crippen LogP contribution is -2.41. The predicted molar refractivity (Wildman–Crippen MR) is 101 cm³/mol. The highest BCUT2D eigenvalue weighted by atomic mass is 32.2. The van der Waals surface area contributed by atoms with Crippen LogP contribution in [0.25, 0.3) is 0 Å². The third kappa shape index (κ3) is 4.59. The van der Waals surface area contributed by atoms with Crippen LogP contribution in [0.15, 0.2) is 47.4 Å². The topological polar surface area (TPSA) is 55.8 Å². The maximum absolute atomic E-state index is 13.1. The molecule has 1 heterocycles. The zero-order valence-electron chi connectivity index (χ0n) is 15.5. The molecule has 2 aromatic rings. The molecule has 1 saturated heterocycles. The lowest BCUT2D eigenvalue weighted by Gasteiger charge is -2.32. The Labute approximate surface area is 159 Å². The van der Waals surface area contributed by atoms with Crippen molar-refractivity contribution in [2.24, 2.45) is 5.92 Å². The molecule has 27 heavy (non-hydrogen) atoms. The van der Waals surface area contributed by atoms with Gasteiger partial charge in [0, 0.05) is 19.0 Å². The summed E-state index contributed by atoms with van der Waals surface area (Å²) in [7, 11) is -2.01. The van der Waals surface area contributed by atoms with Gasteiger partial charge in [-0.1, -0.05) is 0 Å². The maximum Gasteiger partial charge on any atom is 0.243 e. The number of hydrogen-bond donors (Lipinski definition) is 0. The number of methoxy groups -OCH3 is 1. The molecule has 1 atom stereocenters. The molecule has 1 aliphatic heterocycles. The molecule has 1 unspecified atom stereocenters. The van der Waals surface area contributed by atoms with Crippen LogP contribution in [0.4, 0.5) is 4.39 Å². The molecule has 1 aliphatic rings. The molecule has 7 heteroatoms. The Bertz CT molecular complexity index is 883. The van der Waals surface area contributed by atoms with Gasteiger partial charge in [-0.3, -0.25) is 0 Å². The van der Waals surface area contributed by atoms with Crippen LogP contribution in [0.3, 0.4) is 0 Å². The molecule has 146 valence electrons. The first-order chi connectivity index (χ1) is 12.9. The quantitative estimate of drug-likeness (QED) is 0.752. The van der Waals surface area contributed by atoms with Crippen molar-refractivity contribution in [3.63, 3.8) is 0 Å². The van der Waals surface area contributed by atoms with E-state index in [4.69, 9.17) is 9.47 Å². The number of piperidine rings is 1. The summed E-state index contributed by atoms with van der Waals surface area (Å²) in [6, 6.07) is 10.8. The Morgan fingerprint density at radius 2 is 1.85 bits per heavy atom. The number of benzene rings is 2. The summed E-state index contributed by atoms with van der Waals surface area (Å²) >= 11 is 0. The molecule has 1 fully saturated rings. The van der Waals surface area contributed by atoms with Crippen molar-refractivity contribution in [3.8, 4) is 11.5 Å². The molecule has 0 aromatic heterocycles. The molecule has 0 aliphatic carbocycles. The van der Waals surface area contributed by atoms with Crippen LogP contribution in [-0.2, 0) is 10.0 Å². The predicted octanol–water partition coefficient (Wildman–Crippen LogP) is 3.62. The second-order valence-corrected chi connectivity index (χ2v) is 8.67. The number of halogens is 1. The van der Waals surface area contributed by atoms with Crippen LogP contribution in [0.5, 0.6) is 11.5 Å². The average molecular weight is 393 g/mol. The lowest BCUT2D eigenvalue weighted by molar-refractivity contribution is 0.180. The fraction of sp³-hybridized carbons (Fsp3) is 0.400. The minimum atomic E-state index is -3.57. The van der Waals surface area contributed by atoms with Gasteiger partial charge < -0.3 is 9.47 Å². The largest absolute Gasteiger partial charge is 0.497 e. The molecule has 2 aromatic carbocycles. The summed E-state index contributed by atoms with van der Waals surface area (Å²) in [6.07, 6.45) is 1.68. The van der Waals surface area contributed by atoms with Crippen LogP contribution in [0.1, 0.15) is 18.4 Å². The van der Waals surface area contributed by atoms with Crippen molar-refractivity contribution in [2.75, 3.05) is 26.8 Å². The first-order valence-corrected chi connectivity index (χ1v) is 10.4. The molecule has 0 radical (unpaired) electrons. The highest BCUT2D eigenvalue weighted by Gasteiger charge is 2.31. The van der Waals surface area contributed by atoms with E-state index in [-0.39, 0.29) is 11.7 Å². The zero-order chi connectivity index (χ0) is 19.4. The van der Waals surface area contributed by atoms with Crippen molar-refractivity contribution in [2.45, 2.75) is 24.7 Å². The Balaban J connectivity index is 1.68. The van der Waals surface area contributed by atoms with E-state index in [1.807, 2.05) is 0 Å². The van der Waals surface area contributed by atoms with Gasteiger partial charge in [0.25, 0.3) is 0 Å². The second-order valence-electron chi connectivity index (χ2n) is 6.77. The van der Waals surface area contributed by atoms with Crippen molar-refractivity contribution < 1.29 is 22.3 Å². The van der Waals surface area contributed by atoms with E-state index in [0.29, 0.717) is 41.7 Å². The molecule has 0 bridgehead atoms. The Morgan fingerprint density at radius 3 is 2.52 bits per heavy atom. The SMILES string of the molecule is COc1ccc(S(=O)(=O)N2CCCC(COc3ccc(F)cc3)C2)c(C)c1. The molecule has 0 saturated carbocycles. The standard InChI is InChI=1S/C20H24FNO4S/c1-15-12-19(25-2)9-10-20(15)27(23,24)22-11-3-4-16(13-22)14-26-18-7-5-17(21)6-8-18/h5-10,12,16H,3-4,11,13-14H2,1-2H3. The molecule has 5 nitrogen and oxygen atoms in total. The minimum Gasteiger partial charge on any atom is -0.497 e. The van der Waals surface area contributed by atoms with Crippen molar-refractivity contribution in [1.29, 1.82) is 0 Å². The lowest BCUT2D eigenvalue weighted by atomic mass is 10.0. The Morgan fingerprint density at radius 1 is 1.15 bits per heavy atom. The van der Waals surface area contributed by atoms with Crippen molar-refractivity contribution in [1.82, 2.24) is 4.31 Å². The smallest absolute Gasteiger partial charge is 0.243 e. The van der Waals surface area contributed by atoms with Crippen molar-refractivity contribution >= 4 is 10.0 Å². The second kappa shape index (κ2) is 8.27. The number of nitrogens with zero attached hydrogens (tertiary/aromatic N) is 1. The third-order valence-electron chi connectivity index (χ3n) is 4.78. The number of sulfonamides is 1. The molecule has 0 spiro atoms. The average Bonchev–Trinajstić information content (AvgIpc) is 2.67. The summed E-state index contributed by atoms with van der Waals surface area (Å²) in [5, 5.41) is 0. The van der Waals surface area contributed by atoms with Gasteiger partial charge in [-0.05, 0) is 67.8 Å². The summed E-state index contributed by atoms with van der Waals surface area (Å²) in [4.78, 5) is 0.309.